The first-order chi connectivity index (χ1) is 14.1. The SMILES string of the molecule is CC(=O)c1c(C)[nH]c(C(=O)COC(=O)CNC(=O)c2cccc(OC(F)F)c2)c1C. The van der Waals surface area contributed by atoms with Crippen molar-refractivity contribution in [3.63, 3.8) is 0 Å². The molecular weight excluding hydrogens is 402 g/mol. The van der Waals surface area contributed by atoms with E-state index in [-0.39, 0.29) is 22.8 Å². The van der Waals surface area contributed by atoms with E-state index in [1.807, 2.05) is 0 Å². The monoisotopic (exact) mass is 422 g/mol. The molecule has 10 heteroatoms. The molecule has 0 aliphatic rings. The Bertz CT molecular complexity index is 984. The summed E-state index contributed by atoms with van der Waals surface area (Å²) in [6.07, 6.45) is 0. The molecule has 30 heavy (non-hydrogen) atoms. The molecule has 0 fully saturated rings. The Kier molecular flexibility index (Phi) is 7.40. The summed E-state index contributed by atoms with van der Waals surface area (Å²) in [5.41, 5.74) is 1.60. The fraction of sp³-hybridized carbons (Fsp3) is 0.300. The van der Waals surface area contributed by atoms with E-state index < -0.39 is 37.4 Å². The van der Waals surface area contributed by atoms with Gasteiger partial charge in [0.25, 0.3) is 5.91 Å². The highest BCUT2D eigenvalue weighted by molar-refractivity contribution is 6.04. The molecule has 1 amide bonds. The summed E-state index contributed by atoms with van der Waals surface area (Å²) < 4.78 is 33.5. The molecule has 0 atom stereocenters. The lowest BCUT2D eigenvalue weighted by atomic mass is 10.1. The van der Waals surface area contributed by atoms with Crippen molar-refractivity contribution < 1.29 is 37.4 Å². The highest BCUT2D eigenvalue weighted by atomic mass is 19.3. The number of carbonyl (C=O) groups excluding carboxylic acids is 4. The number of H-pyrrole nitrogens is 1. The lowest BCUT2D eigenvalue weighted by Crippen LogP contribution is -2.31. The second kappa shape index (κ2) is 9.77. The first-order valence-electron chi connectivity index (χ1n) is 8.82. The van der Waals surface area contributed by atoms with E-state index in [0.29, 0.717) is 16.8 Å². The molecule has 0 unspecified atom stereocenters. The van der Waals surface area contributed by atoms with Gasteiger partial charge in [0.05, 0.1) is 5.69 Å². The third-order valence-corrected chi connectivity index (χ3v) is 4.15. The first kappa shape index (κ1) is 22.7. The summed E-state index contributed by atoms with van der Waals surface area (Å²) in [5, 5.41) is 2.26. The number of carbonyl (C=O) groups is 4. The number of rotatable bonds is 9. The molecule has 1 heterocycles. The zero-order valence-electron chi connectivity index (χ0n) is 16.5. The molecule has 1 aromatic carbocycles. The Balaban J connectivity index is 1.88. The molecule has 2 N–H and O–H groups in total. The van der Waals surface area contributed by atoms with Gasteiger partial charge in [-0.15, -0.1) is 0 Å². The van der Waals surface area contributed by atoms with Crippen molar-refractivity contribution in [1.82, 2.24) is 10.3 Å². The van der Waals surface area contributed by atoms with Gasteiger partial charge in [0, 0.05) is 16.8 Å². The normalized spacial score (nSPS) is 10.6. The van der Waals surface area contributed by atoms with Crippen LogP contribution in [-0.2, 0) is 9.53 Å². The molecule has 0 saturated carbocycles. The average molecular weight is 422 g/mol. The third kappa shape index (κ3) is 5.72. The van der Waals surface area contributed by atoms with Crippen LogP contribution in [0.25, 0.3) is 0 Å². The minimum atomic E-state index is -3.03. The van der Waals surface area contributed by atoms with Gasteiger partial charge in [-0.2, -0.15) is 8.78 Å². The Morgan fingerprint density at radius 1 is 1.17 bits per heavy atom. The highest BCUT2D eigenvalue weighted by Crippen LogP contribution is 2.19. The van der Waals surface area contributed by atoms with E-state index in [1.54, 1.807) is 13.8 Å². The molecule has 0 aliphatic heterocycles. The highest BCUT2D eigenvalue weighted by Gasteiger charge is 2.21. The lowest BCUT2D eigenvalue weighted by Gasteiger charge is -2.08. The van der Waals surface area contributed by atoms with Crippen LogP contribution in [-0.4, -0.2) is 48.2 Å². The van der Waals surface area contributed by atoms with Crippen LogP contribution in [0, 0.1) is 13.8 Å². The van der Waals surface area contributed by atoms with E-state index in [9.17, 15) is 28.0 Å². The Morgan fingerprint density at radius 2 is 1.87 bits per heavy atom. The van der Waals surface area contributed by atoms with Crippen molar-refractivity contribution in [1.29, 1.82) is 0 Å². The summed E-state index contributed by atoms with van der Waals surface area (Å²) in [5.74, 6) is -2.50. The van der Waals surface area contributed by atoms with Crippen LogP contribution in [0.4, 0.5) is 8.78 Å². The van der Waals surface area contributed by atoms with Gasteiger partial charge in [0.1, 0.15) is 12.3 Å². The second-order valence-electron chi connectivity index (χ2n) is 6.35. The van der Waals surface area contributed by atoms with E-state index in [1.165, 1.54) is 25.1 Å². The van der Waals surface area contributed by atoms with Crippen LogP contribution in [0.15, 0.2) is 24.3 Å². The summed E-state index contributed by atoms with van der Waals surface area (Å²) in [7, 11) is 0. The summed E-state index contributed by atoms with van der Waals surface area (Å²) >= 11 is 0. The van der Waals surface area contributed by atoms with Crippen molar-refractivity contribution in [3.8, 4) is 5.75 Å². The van der Waals surface area contributed by atoms with Gasteiger partial charge in [0.2, 0.25) is 5.78 Å². The van der Waals surface area contributed by atoms with Gasteiger partial charge in [-0.05, 0) is 44.5 Å². The minimum Gasteiger partial charge on any atom is -0.456 e. The standard InChI is InChI=1S/C20H20F2N2O6/c1-10-17(12(3)25)11(2)24-18(10)15(26)9-29-16(27)8-23-19(28)13-5-4-6-14(7-13)30-20(21)22/h4-7,20,24H,8-9H2,1-3H3,(H,23,28). The molecule has 0 aliphatic carbocycles. The molecule has 2 rings (SSSR count). The number of ketones is 2. The maximum Gasteiger partial charge on any atom is 0.387 e. The predicted molar refractivity (Wildman–Crippen MR) is 101 cm³/mol. The fourth-order valence-electron chi connectivity index (χ4n) is 2.89. The molecule has 2 aromatic rings. The number of nitrogens with one attached hydrogen (secondary N) is 2. The number of Topliss-reactive ketones (excluding diaryl/α,β-unsaturated/α-hetero) is 2. The van der Waals surface area contributed by atoms with Gasteiger partial charge in [-0.25, -0.2) is 0 Å². The largest absolute Gasteiger partial charge is 0.456 e. The molecule has 0 bridgehead atoms. The number of hydrogen-bond acceptors (Lipinski definition) is 6. The van der Waals surface area contributed by atoms with Crippen molar-refractivity contribution in [2.24, 2.45) is 0 Å². The van der Waals surface area contributed by atoms with E-state index in [0.717, 1.165) is 6.07 Å². The zero-order valence-corrected chi connectivity index (χ0v) is 16.5. The van der Waals surface area contributed by atoms with E-state index in [2.05, 4.69) is 15.0 Å². The van der Waals surface area contributed by atoms with Gasteiger partial charge in [0.15, 0.2) is 12.4 Å². The average Bonchev–Trinajstić information content (AvgIpc) is 2.98. The number of aryl methyl sites for hydroxylation is 1. The number of aromatic amines is 1. The van der Waals surface area contributed by atoms with Crippen LogP contribution in [0.1, 0.15) is 49.4 Å². The number of halogens is 2. The smallest absolute Gasteiger partial charge is 0.387 e. The summed E-state index contributed by atoms with van der Waals surface area (Å²) in [6.45, 7) is 0.507. The summed E-state index contributed by atoms with van der Waals surface area (Å²) in [6, 6.07) is 5.05. The minimum absolute atomic E-state index is 0.00581. The quantitative estimate of drug-likeness (QED) is 0.474. The Hall–Kier alpha value is -3.56. The molecule has 0 saturated heterocycles. The topological polar surface area (TPSA) is 115 Å². The Labute approximate surface area is 170 Å². The van der Waals surface area contributed by atoms with E-state index >= 15 is 0 Å². The maximum absolute atomic E-state index is 12.3. The Morgan fingerprint density at radius 3 is 2.47 bits per heavy atom. The van der Waals surface area contributed by atoms with Crippen LogP contribution in [0.3, 0.4) is 0 Å². The second-order valence-corrected chi connectivity index (χ2v) is 6.35. The van der Waals surface area contributed by atoms with Crippen LogP contribution >= 0.6 is 0 Å². The number of amides is 1. The summed E-state index contributed by atoms with van der Waals surface area (Å²) in [4.78, 5) is 50.5. The van der Waals surface area contributed by atoms with Crippen molar-refractivity contribution in [2.45, 2.75) is 27.4 Å². The fourth-order valence-corrected chi connectivity index (χ4v) is 2.89. The number of esters is 1. The van der Waals surface area contributed by atoms with Crippen LogP contribution in [0.5, 0.6) is 5.75 Å². The molecule has 0 radical (unpaired) electrons. The van der Waals surface area contributed by atoms with Gasteiger partial charge >= 0.3 is 12.6 Å². The van der Waals surface area contributed by atoms with Crippen molar-refractivity contribution in [2.75, 3.05) is 13.2 Å². The van der Waals surface area contributed by atoms with Crippen molar-refractivity contribution in [3.05, 3.63) is 52.3 Å². The number of alkyl halides is 2. The first-order valence-corrected chi connectivity index (χ1v) is 8.82. The van der Waals surface area contributed by atoms with Crippen molar-refractivity contribution >= 4 is 23.4 Å². The van der Waals surface area contributed by atoms with E-state index in [4.69, 9.17) is 4.74 Å². The number of hydrogen-bond donors (Lipinski definition) is 2. The molecule has 8 nitrogen and oxygen atoms in total. The van der Waals surface area contributed by atoms with Crippen LogP contribution < -0.4 is 10.1 Å². The van der Waals surface area contributed by atoms with Gasteiger partial charge in [-0.3, -0.25) is 19.2 Å². The molecule has 0 spiro atoms. The molecule has 160 valence electrons. The van der Waals surface area contributed by atoms with Gasteiger partial charge < -0.3 is 19.8 Å². The number of aromatic nitrogens is 1. The molecular formula is C20H20F2N2O6. The van der Waals surface area contributed by atoms with Gasteiger partial charge in [-0.1, -0.05) is 6.07 Å². The number of ether oxygens (including phenoxy) is 2. The zero-order chi connectivity index (χ0) is 22.4. The predicted octanol–water partition coefficient (Wildman–Crippen LogP) is 2.59. The molecule has 1 aromatic heterocycles. The third-order valence-electron chi connectivity index (χ3n) is 4.15. The number of benzene rings is 1. The van der Waals surface area contributed by atoms with Crippen LogP contribution in [0.2, 0.25) is 0 Å². The maximum atomic E-state index is 12.3. The lowest BCUT2D eigenvalue weighted by molar-refractivity contribution is -0.141.